The van der Waals surface area contributed by atoms with Gasteiger partial charge in [-0.2, -0.15) is 0 Å². The molecule has 1 unspecified atom stereocenters. The Morgan fingerprint density at radius 2 is 2.00 bits per heavy atom. The van der Waals surface area contributed by atoms with Gasteiger partial charge in [0, 0.05) is 0 Å². The van der Waals surface area contributed by atoms with Crippen molar-refractivity contribution in [1.29, 1.82) is 0 Å². The van der Waals surface area contributed by atoms with Crippen LogP contribution in [0.5, 0.6) is 0 Å². The minimum absolute atomic E-state index is 0.211. The minimum atomic E-state index is -4.64. The van der Waals surface area contributed by atoms with Gasteiger partial charge in [0.05, 0.1) is 0 Å². The van der Waals surface area contributed by atoms with Crippen molar-refractivity contribution < 1.29 is 28.8 Å². The zero-order valence-corrected chi connectivity index (χ0v) is 12.8. The summed E-state index contributed by atoms with van der Waals surface area (Å²) in [5.74, 6) is -0.286. The molecule has 0 aliphatic rings. The topological polar surface area (TPSA) is 104 Å². The predicted octanol–water partition coefficient (Wildman–Crippen LogP) is 0.0817. The normalized spacial score (nSPS) is 12.1. The number of hydrogen-bond donors (Lipinski definition) is 3. The molecule has 6 nitrogen and oxygen atoms in total. The Kier molecular flexibility index (Phi) is 12.4. The van der Waals surface area contributed by atoms with Crippen molar-refractivity contribution in [2.45, 2.75) is 20.0 Å². The summed E-state index contributed by atoms with van der Waals surface area (Å²) >= 11 is 0.571. The molecule has 0 bridgehead atoms. The second-order valence-corrected chi connectivity index (χ2v) is 5.79. The summed E-state index contributed by atoms with van der Waals surface area (Å²) in [5, 5.41) is 0. The van der Waals surface area contributed by atoms with E-state index in [4.69, 9.17) is 24.0 Å². The molecule has 0 aromatic rings. The fraction of sp³-hybridized carbons (Fsp3) is 0.571. The Balaban J connectivity index is 0. The van der Waals surface area contributed by atoms with E-state index >= 15 is 0 Å². The van der Waals surface area contributed by atoms with E-state index in [9.17, 15) is 4.79 Å². The van der Waals surface area contributed by atoms with Crippen LogP contribution in [0.25, 0.3) is 0 Å². The molecule has 0 saturated heterocycles. The molecule has 84 valence electrons. The van der Waals surface area contributed by atoms with E-state index in [1.807, 2.05) is 0 Å². The van der Waals surface area contributed by atoms with Crippen LogP contribution in [0.1, 0.15) is 19.8 Å². The van der Waals surface area contributed by atoms with Crippen LogP contribution < -0.4 is 0 Å². The van der Waals surface area contributed by atoms with Crippen molar-refractivity contribution in [1.82, 2.24) is 0 Å². The molecule has 0 rings (SSSR count). The number of rotatable bonds is 4. The summed E-state index contributed by atoms with van der Waals surface area (Å²) < 4.78 is 14.1. The smallest absolute Gasteiger partial charge is 0.303 e. The Hall–Kier alpha value is 0.956. The molecule has 0 saturated carbocycles. The summed E-state index contributed by atoms with van der Waals surface area (Å²) in [5.41, 5.74) is 0. The monoisotopic (exact) mass is 264 g/mol. The molecule has 15 heavy (non-hydrogen) atoms. The molecule has 0 aromatic heterocycles. The molecule has 0 heterocycles. The maximum Gasteiger partial charge on any atom is 0.466 e. The van der Waals surface area contributed by atoms with Crippen LogP contribution in [0.15, 0.2) is 12.7 Å². The van der Waals surface area contributed by atoms with Crippen molar-refractivity contribution in [2.75, 3.05) is 0 Å². The molecule has 8 heteroatoms. The second kappa shape index (κ2) is 10.1. The summed E-state index contributed by atoms with van der Waals surface area (Å²) in [6, 6.07) is 0. The zero-order valence-electron chi connectivity index (χ0n) is 8.79. The molecule has 0 radical (unpaired) electrons. The number of esters is 1. The average Bonchev–Trinajstić information content (AvgIpc) is 2.01. The fourth-order valence-corrected chi connectivity index (χ4v) is 1.98. The van der Waals surface area contributed by atoms with Gasteiger partial charge in [0.25, 0.3) is 0 Å². The van der Waals surface area contributed by atoms with Crippen LogP contribution in [0.2, 0.25) is 0 Å². The third-order valence-corrected chi connectivity index (χ3v) is 2.45. The Labute approximate surface area is 123 Å². The van der Waals surface area contributed by atoms with Gasteiger partial charge in [0.15, 0.2) is 0 Å². The van der Waals surface area contributed by atoms with Crippen molar-refractivity contribution in [2.24, 2.45) is 0 Å². The van der Waals surface area contributed by atoms with Gasteiger partial charge in [-0.15, -0.1) is 0 Å². The van der Waals surface area contributed by atoms with Gasteiger partial charge in [0.1, 0.15) is 0 Å². The number of hydrogen-bond acceptors (Lipinski definition) is 3. The number of ether oxygens (including phenoxy) is 1. The van der Waals surface area contributed by atoms with Gasteiger partial charge in [-0.25, -0.2) is 4.57 Å². The zero-order chi connectivity index (χ0) is 12.5. The van der Waals surface area contributed by atoms with Crippen LogP contribution in [0, 0.1) is 0 Å². The van der Waals surface area contributed by atoms with Crippen LogP contribution in [-0.4, -0.2) is 69.8 Å². The first-order chi connectivity index (χ1) is 6.70. The average molecular weight is 264 g/mol. The first kappa shape index (κ1) is 18.3. The van der Waals surface area contributed by atoms with E-state index in [1.165, 1.54) is 6.08 Å². The fourth-order valence-electron chi connectivity index (χ4n) is 0.712. The summed E-state index contributed by atoms with van der Waals surface area (Å²) in [7, 11) is -4.64. The van der Waals surface area contributed by atoms with E-state index in [0.717, 1.165) is 12.8 Å². The van der Waals surface area contributed by atoms with Crippen LogP contribution in [0.4, 0.5) is 0 Å². The first-order valence-electron chi connectivity index (χ1n) is 4.32. The quantitative estimate of drug-likeness (QED) is 0.287. The molecular weight excluding hydrogens is 250 g/mol. The number of carbonyl (C=O) groups is 1. The molecule has 0 amide bonds. The first-order valence-corrected chi connectivity index (χ1v) is 7.68. The van der Waals surface area contributed by atoms with Crippen molar-refractivity contribution in [3.05, 3.63) is 12.7 Å². The van der Waals surface area contributed by atoms with Gasteiger partial charge >= 0.3 is 105 Å². The third kappa shape index (κ3) is 25.3. The van der Waals surface area contributed by atoms with Gasteiger partial charge in [-0.05, 0) is 0 Å². The molecule has 0 fully saturated rings. The van der Waals surface area contributed by atoms with E-state index in [1.54, 1.807) is 0 Å². The number of carbonyl (C=O) groups excluding carboxylic acids is 1. The van der Waals surface area contributed by atoms with Crippen LogP contribution >= 0.6 is 7.82 Å². The van der Waals surface area contributed by atoms with Gasteiger partial charge in [-0.3, -0.25) is 0 Å². The standard InChI is InChI=1S/C7H11O2.K.H3O4P/c1-3-5-6-9-7(8)4-2;;1-5(2,3)4/h4,6H,2-3,5H2,1H3;;(H3,1,2,3,4). The van der Waals surface area contributed by atoms with Gasteiger partial charge in [-0.1, -0.05) is 0 Å². The third-order valence-electron chi connectivity index (χ3n) is 1.18. The molecule has 0 aliphatic heterocycles. The summed E-state index contributed by atoms with van der Waals surface area (Å²) in [6.07, 6.45) is 3.30. The SMILES string of the molecule is C=CC(=O)O[CH]([K])CCC.O=P(O)(O)O. The molecule has 1 atom stereocenters. The van der Waals surface area contributed by atoms with Crippen LogP contribution in [0.3, 0.4) is 0 Å². The van der Waals surface area contributed by atoms with Crippen LogP contribution in [-0.2, 0) is 14.1 Å². The molecule has 0 aliphatic carbocycles. The Bertz CT molecular complexity index is 229. The van der Waals surface area contributed by atoms with E-state index in [-0.39, 0.29) is 6.17 Å². The Morgan fingerprint density at radius 3 is 2.27 bits per heavy atom. The minimum Gasteiger partial charge on any atom is -0.303 e. The van der Waals surface area contributed by atoms with Gasteiger partial charge < -0.3 is 14.7 Å². The summed E-state index contributed by atoms with van der Waals surface area (Å²) in [4.78, 5) is 32.1. The van der Waals surface area contributed by atoms with Crippen molar-refractivity contribution in [3.8, 4) is 0 Å². The maximum absolute atomic E-state index is 10.6. The van der Waals surface area contributed by atoms with Crippen molar-refractivity contribution >= 4 is 62.7 Å². The largest absolute Gasteiger partial charge is 0.466 e. The molecule has 0 aromatic carbocycles. The molecule has 0 spiro atoms. The second-order valence-electron chi connectivity index (χ2n) is 2.75. The molecular formula is C7H14KO6P. The predicted molar refractivity (Wildman–Crippen MR) is 55.0 cm³/mol. The molecule has 3 N–H and O–H groups in total. The van der Waals surface area contributed by atoms with Gasteiger partial charge in [0.2, 0.25) is 0 Å². The maximum atomic E-state index is 10.6. The van der Waals surface area contributed by atoms with Crippen molar-refractivity contribution in [3.63, 3.8) is 0 Å². The van der Waals surface area contributed by atoms with E-state index in [0.29, 0.717) is 49.0 Å². The van der Waals surface area contributed by atoms with E-state index < -0.39 is 7.82 Å². The number of phosphoric acid groups is 1. The Morgan fingerprint density at radius 1 is 1.60 bits per heavy atom. The van der Waals surface area contributed by atoms with E-state index in [2.05, 4.69) is 13.5 Å². The summed E-state index contributed by atoms with van der Waals surface area (Å²) in [6.45, 7) is 5.40.